The zero-order valence-corrected chi connectivity index (χ0v) is 18.5. The fourth-order valence-electron chi connectivity index (χ4n) is 3.56. The maximum absolute atomic E-state index is 14.1. The zero-order valence-electron chi connectivity index (χ0n) is 16.3. The molecule has 0 saturated heterocycles. The van der Waals surface area contributed by atoms with Crippen LogP contribution in [-0.2, 0) is 16.8 Å². The number of fused-ring (bicyclic) bond motifs is 2. The van der Waals surface area contributed by atoms with Crippen LogP contribution in [-0.4, -0.2) is 35.6 Å². The van der Waals surface area contributed by atoms with E-state index in [-0.39, 0.29) is 24.0 Å². The van der Waals surface area contributed by atoms with Gasteiger partial charge in [0.25, 0.3) is 0 Å². The first kappa shape index (κ1) is 19.8. The van der Waals surface area contributed by atoms with Gasteiger partial charge in [-0.15, -0.1) is 0 Å². The summed E-state index contributed by atoms with van der Waals surface area (Å²) in [5, 5.41) is 7.68. The molecule has 0 atom stereocenters. The summed E-state index contributed by atoms with van der Waals surface area (Å²) in [4.78, 5) is 29.3. The second-order valence-corrected chi connectivity index (χ2v) is 8.66. The summed E-state index contributed by atoms with van der Waals surface area (Å²) < 4.78 is 30.2. The number of halogens is 3. The average Bonchev–Trinajstić information content (AvgIpc) is 3.17. The molecule has 0 aromatic carbocycles. The topological polar surface area (TPSA) is 98.5 Å². The van der Waals surface area contributed by atoms with Crippen LogP contribution >= 0.6 is 22.6 Å². The van der Waals surface area contributed by atoms with Crippen molar-refractivity contribution in [2.45, 2.75) is 25.8 Å². The number of anilines is 1. The summed E-state index contributed by atoms with van der Waals surface area (Å²) in [7, 11) is 0. The second-order valence-electron chi connectivity index (χ2n) is 7.64. The third-order valence-corrected chi connectivity index (χ3v) is 6.01. The van der Waals surface area contributed by atoms with Crippen LogP contribution in [0.4, 0.5) is 14.6 Å². The average molecular weight is 533 g/mol. The van der Waals surface area contributed by atoms with Crippen LogP contribution in [0.15, 0.2) is 30.7 Å². The lowest BCUT2D eigenvalue weighted by molar-refractivity contribution is -0.119. The standard InChI is InChI=1S/C20H14F2IN7O/c1-20(2)13-15(23)26-17(27-16(13)28-19(20)31)14-11-5-10(21)6-25-18(11)30(29-14)8-9-3-4-24-7-12(9)22/h3-7H,8H2,1-2H3,(H,26,27,28,31). The molecule has 1 N–H and O–H groups in total. The van der Waals surface area contributed by atoms with Gasteiger partial charge in [0.2, 0.25) is 5.91 Å². The molecule has 8 nitrogen and oxygen atoms in total. The number of nitrogens with zero attached hydrogens (tertiary/aromatic N) is 6. The number of nitrogens with one attached hydrogen (secondary N) is 1. The Labute approximate surface area is 188 Å². The Morgan fingerprint density at radius 1 is 1.23 bits per heavy atom. The number of aromatic nitrogens is 6. The molecule has 31 heavy (non-hydrogen) atoms. The quantitative estimate of drug-likeness (QED) is 0.320. The molecule has 5 heterocycles. The molecule has 0 fully saturated rings. The summed E-state index contributed by atoms with van der Waals surface area (Å²) in [6.45, 7) is 3.66. The van der Waals surface area contributed by atoms with Crippen LogP contribution in [0.1, 0.15) is 25.0 Å². The van der Waals surface area contributed by atoms with Gasteiger partial charge < -0.3 is 5.32 Å². The highest BCUT2D eigenvalue weighted by atomic mass is 127. The molecule has 4 aromatic heterocycles. The molecular formula is C20H14F2IN7O. The van der Waals surface area contributed by atoms with Crippen molar-refractivity contribution >= 4 is 45.3 Å². The van der Waals surface area contributed by atoms with Crippen LogP contribution < -0.4 is 5.32 Å². The number of hydrogen-bond donors (Lipinski definition) is 1. The van der Waals surface area contributed by atoms with Gasteiger partial charge in [0.1, 0.15) is 26.8 Å². The van der Waals surface area contributed by atoms with Gasteiger partial charge in [-0.25, -0.2) is 28.4 Å². The minimum Gasteiger partial charge on any atom is -0.310 e. The monoisotopic (exact) mass is 533 g/mol. The molecule has 1 aliphatic heterocycles. The normalized spacial score (nSPS) is 14.7. The number of pyridine rings is 2. The Bertz CT molecular complexity index is 1390. The summed E-state index contributed by atoms with van der Waals surface area (Å²) in [6.07, 6.45) is 3.67. The zero-order chi connectivity index (χ0) is 21.9. The predicted octanol–water partition coefficient (Wildman–Crippen LogP) is 3.44. The van der Waals surface area contributed by atoms with Gasteiger partial charge in [-0.1, -0.05) is 0 Å². The van der Waals surface area contributed by atoms with E-state index in [9.17, 15) is 13.6 Å². The number of rotatable bonds is 3. The first-order valence-corrected chi connectivity index (χ1v) is 10.3. The Hall–Kier alpha value is -3.09. The van der Waals surface area contributed by atoms with Gasteiger partial charge in [-0.2, -0.15) is 5.10 Å². The number of amides is 1. The SMILES string of the molecule is CC1(C)C(=O)Nc2nc(-c3nn(Cc4ccncc4F)c4ncc(F)cc34)nc(I)c21. The molecule has 0 radical (unpaired) electrons. The summed E-state index contributed by atoms with van der Waals surface area (Å²) in [5.74, 6) is -0.593. The molecule has 0 spiro atoms. The molecule has 5 rings (SSSR count). The third-order valence-electron chi connectivity index (χ3n) is 5.23. The van der Waals surface area contributed by atoms with E-state index in [4.69, 9.17) is 0 Å². The third kappa shape index (κ3) is 3.14. The fourth-order valence-corrected chi connectivity index (χ4v) is 4.72. The molecule has 156 valence electrons. The Morgan fingerprint density at radius 2 is 2.03 bits per heavy atom. The Balaban J connectivity index is 1.69. The van der Waals surface area contributed by atoms with Crippen LogP contribution in [0.3, 0.4) is 0 Å². The summed E-state index contributed by atoms with van der Waals surface area (Å²) in [6, 6.07) is 2.83. The van der Waals surface area contributed by atoms with Gasteiger partial charge in [0.15, 0.2) is 11.5 Å². The van der Waals surface area contributed by atoms with Crippen LogP contribution in [0.5, 0.6) is 0 Å². The van der Waals surface area contributed by atoms with Crippen LogP contribution in [0, 0.1) is 15.3 Å². The van der Waals surface area contributed by atoms with E-state index in [2.05, 4.69) is 30.4 Å². The lowest BCUT2D eigenvalue weighted by atomic mass is 9.88. The smallest absolute Gasteiger partial charge is 0.235 e. The van der Waals surface area contributed by atoms with E-state index in [1.54, 1.807) is 19.9 Å². The van der Waals surface area contributed by atoms with Crippen molar-refractivity contribution in [1.82, 2.24) is 29.7 Å². The largest absolute Gasteiger partial charge is 0.310 e. The summed E-state index contributed by atoms with van der Waals surface area (Å²) >= 11 is 2.05. The Morgan fingerprint density at radius 3 is 2.81 bits per heavy atom. The lowest BCUT2D eigenvalue weighted by Gasteiger charge is -2.15. The van der Waals surface area contributed by atoms with E-state index in [1.807, 2.05) is 22.6 Å². The van der Waals surface area contributed by atoms with Crippen molar-refractivity contribution in [2.75, 3.05) is 5.32 Å². The van der Waals surface area contributed by atoms with E-state index in [0.29, 0.717) is 31.7 Å². The molecule has 11 heteroatoms. The van der Waals surface area contributed by atoms with Crippen molar-refractivity contribution in [3.05, 3.63) is 57.2 Å². The van der Waals surface area contributed by atoms with Gasteiger partial charge in [0, 0.05) is 17.3 Å². The molecule has 1 aliphatic rings. The molecule has 0 saturated carbocycles. The first-order valence-electron chi connectivity index (χ1n) is 9.26. The molecule has 4 aromatic rings. The van der Waals surface area contributed by atoms with Crippen LogP contribution in [0.2, 0.25) is 0 Å². The molecule has 0 bridgehead atoms. The van der Waals surface area contributed by atoms with E-state index >= 15 is 0 Å². The molecule has 0 unspecified atom stereocenters. The van der Waals surface area contributed by atoms with Crippen molar-refractivity contribution in [3.8, 4) is 11.5 Å². The lowest BCUT2D eigenvalue weighted by Crippen LogP contribution is -2.27. The van der Waals surface area contributed by atoms with E-state index in [1.165, 1.54) is 16.9 Å². The van der Waals surface area contributed by atoms with Crippen molar-refractivity contribution in [1.29, 1.82) is 0 Å². The molecular weight excluding hydrogens is 519 g/mol. The van der Waals surface area contributed by atoms with Crippen LogP contribution in [0.25, 0.3) is 22.6 Å². The molecule has 1 amide bonds. The summed E-state index contributed by atoms with van der Waals surface area (Å²) in [5.41, 5.74) is 0.940. The number of carbonyl (C=O) groups excluding carboxylic acids is 1. The van der Waals surface area contributed by atoms with Crippen molar-refractivity contribution in [2.24, 2.45) is 0 Å². The second kappa shape index (κ2) is 6.97. The highest BCUT2D eigenvalue weighted by Gasteiger charge is 2.42. The number of hydrogen-bond acceptors (Lipinski definition) is 6. The van der Waals surface area contributed by atoms with Crippen molar-refractivity contribution < 1.29 is 13.6 Å². The predicted molar refractivity (Wildman–Crippen MR) is 116 cm³/mol. The number of carbonyl (C=O) groups is 1. The van der Waals surface area contributed by atoms with Gasteiger partial charge in [-0.05, 0) is 48.6 Å². The first-order chi connectivity index (χ1) is 14.8. The maximum atomic E-state index is 14.1. The van der Waals surface area contributed by atoms with Gasteiger partial charge in [-0.3, -0.25) is 9.78 Å². The fraction of sp³-hybridized carbons (Fsp3) is 0.200. The van der Waals surface area contributed by atoms with Crippen molar-refractivity contribution in [3.63, 3.8) is 0 Å². The Kier molecular flexibility index (Phi) is 4.46. The molecule has 0 aliphatic carbocycles. The van der Waals surface area contributed by atoms with Gasteiger partial charge in [0.05, 0.1) is 29.7 Å². The van der Waals surface area contributed by atoms with Gasteiger partial charge >= 0.3 is 0 Å². The maximum Gasteiger partial charge on any atom is 0.235 e. The van der Waals surface area contributed by atoms with E-state index < -0.39 is 17.0 Å². The minimum absolute atomic E-state index is 0.0648. The highest BCUT2D eigenvalue weighted by molar-refractivity contribution is 14.1. The van der Waals surface area contributed by atoms with E-state index in [0.717, 1.165) is 12.4 Å². The minimum atomic E-state index is -0.766. The highest BCUT2D eigenvalue weighted by Crippen LogP contribution is 2.40.